The average molecular weight is 231 g/mol. The molecule has 0 aliphatic heterocycles. The number of hydrogen-bond donors (Lipinski definition) is 1. The minimum Gasteiger partial charge on any atom is -0.313 e. The quantitative estimate of drug-likeness (QED) is 0.878. The molecule has 17 heavy (non-hydrogen) atoms. The summed E-state index contributed by atoms with van der Waals surface area (Å²) >= 11 is 0. The van der Waals surface area contributed by atoms with Crippen molar-refractivity contribution in [2.45, 2.75) is 13.5 Å². The monoisotopic (exact) mass is 231 g/mol. The van der Waals surface area contributed by atoms with E-state index in [2.05, 4.69) is 15.3 Å². The van der Waals surface area contributed by atoms with E-state index in [1.165, 1.54) is 12.4 Å². The van der Waals surface area contributed by atoms with Gasteiger partial charge in [0, 0.05) is 30.1 Å². The van der Waals surface area contributed by atoms with E-state index >= 15 is 0 Å². The molecule has 1 N–H and O–H groups in total. The van der Waals surface area contributed by atoms with Gasteiger partial charge in [-0.3, -0.25) is 0 Å². The average Bonchev–Trinajstić information content (AvgIpc) is 2.39. The number of aromatic nitrogens is 2. The topological polar surface area (TPSA) is 37.8 Å². The van der Waals surface area contributed by atoms with Crippen molar-refractivity contribution >= 4 is 0 Å². The number of halogens is 1. The molecule has 1 aromatic heterocycles. The van der Waals surface area contributed by atoms with Gasteiger partial charge in [0.15, 0.2) is 0 Å². The van der Waals surface area contributed by atoms with Crippen molar-refractivity contribution in [1.82, 2.24) is 15.3 Å². The van der Waals surface area contributed by atoms with Crippen molar-refractivity contribution in [3.8, 4) is 11.1 Å². The Balaban J connectivity index is 2.33. The van der Waals surface area contributed by atoms with Gasteiger partial charge < -0.3 is 5.32 Å². The highest BCUT2D eigenvalue weighted by Crippen LogP contribution is 2.22. The first kappa shape index (κ1) is 11.7. The normalized spacial score (nSPS) is 10.5. The van der Waals surface area contributed by atoms with Crippen molar-refractivity contribution in [1.29, 1.82) is 0 Å². The summed E-state index contributed by atoms with van der Waals surface area (Å²) < 4.78 is 13.7. The first-order chi connectivity index (χ1) is 8.31. The van der Waals surface area contributed by atoms with Crippen LogP contribution in [-0.2, 0) is 6.54 Å². The summed E-state index contributed by atoms with van der Waals surface area (Å²) in [6.07, 6.45) is 4.66. The van der Waals surface area contributed by atoms with Crippen LogP contribution in [0.1, 0.15) is 12.5 Å². The van der Waals surface area contributed by atoms with Crippen LogP contribution in [0.25, 0.3) is 11.1 Å². The van der Waals surface area contributed by atoms with E-state index in [1.54, 1.807) is 18.5 Å². The zero-order valence-electron chi connectivity index (χ0n) is 9.65. The number of nitrogens with one attached hydrogen (secondary N) is 1. The van der Waals surface area contributed by atoms with Crippen LogP contribution in [0.4, 0.5) is 4.39 Å². The molecule has 0 unspecified atom stereocenters. The van der Waals surface area contributed by atoms with E-state index in [0.29, 0.717) is 11.1 Å². The molecular weight excluding hydrogens is 217 g/mol. The molecule has 3 nitrogen and oxygen atoms in total. The zero-order valence-corrected chi connectivity index (χ0v) is 9.65. The van der Waals surface area contributed by atoms with Crippen LogP contribution in [0.2, 0.25) is 0 Å². The van der Waals surface area contributed by atoms with Crippen molar-refractivity contribution in [2.75, 3.05) is 6.54 Å². The van der Waals surface area contributed by atoms with Gasteiger partial charge in [0.25, 0.3) is 0 Å². The molecule has 0 spiro atoms. The molecule has 2 aromatic rings. The fraction of sp³-hybridized carbons (Fsp3) is 0.231. The molecule has 0 saturated heterocycles. The van der Waals surface area contributed by atoms with Gasteiger partial charge in [-0.25, -0.2) is 14.4 Å². The van der Waals surface area contributed by atoms with Gasteiger partial charge >= 0.3 is 0 Å². The number of rotatable bonds is 4. The third kappa shape index (κ3) is 2.85. The second-order valence-electron chi connectivity index (χ2n) is 3.72. The van der Waals surface area contributed by atoms with Crippen molar-refractivity contribution in [2.24, 2.45) is 0 Å². The first-order valence-corrected chi connectivity index (χ1v) is 5.55. The molecule has 88 valence electrons. The summed E-state index contributed by atoms with van der Waals surface area (Å²) in [6, 6.07) is 5.09. The minimum atomic E-state index is -0.250. The molecule has 0 fully saturated rings. The standard InChI is InChI=1S/C13H14FN3/c1-2-15-6-10-3-4-13(14)12(5-10)11-7-16-9-17-8-11/h3-5,7-9,15H,2,6H2,1H3. The molecule has 0 saturated carbocycles. The molecule has 4 heteroatoms. The van der Waals surface area contributed by atoms with Crippen LogP contribution in [0.5, 0.6) is 0 Å². The van der Waals surface area contributed by atoms with Crippen LogP contribution in [0, 0.1) is 5.82 Å². The molecular formula is C13H14FN3. The highest BCUT2D eigenvalue weighted by Gasteiger charge is 2.06. The van der Waals surface area contributed by atoms with Gasteiger partial charge in [-0.2, -0.15) is 0 Å². The Kier molecular flexibility index (Phi) is 3.77. The Bertz CT molecular complexity index is 485. The largest absolute Gasteiger partial charge is 0.313 e. The van der Waals surface area contributed by atoms with Gasteiger partial charge in [-0.1, -0.05) is 13.0 Å². The summed E-state index contributed by atoms with van der Waals surface area (Å²) in [4.78, 5) is 7.80. The van der Waals surface area contributed by atoms with Crippen molar-refractivity contribution in [3.05, 3.63) is 48.3 Å². The summed E-state index contributed by atoms with van der Waals surface area (Å²) in [5, 5.41) is 3.21. The highest BCUT2D eigenvalue weighted by atomic mass is 19.1. The maximum absolute atomic E-state index is 13.7. The summed E-state index contributed by atoms with van der Waals surface area (Å²) in [7, 11) is 0. The van der Waals surface area contributed by atoms with E-state index in [9.17, 15) is 4.39 Å². The Morgan fingerprint density at radius 3 is 2.71 bits per heavy atom. The number of hydrogen-bond acceptors (Lipinski definition) is 3. The lowest BCUT2D eigenvalue weighted by Gasteiger charge is -2.06. The van der Waals surface area contributed by atoms with Crippen LogP contribution in [0.3, 0.4) is 0 Å². The SMILES string of the molecule is CCNCc1ccc(F)c(-c2cncnc2)c1. The maximum atomic E-state index is 13.7. The minimum absolute atomic E-state index is 0.250. The maximum Gasteiger partial charge on any atom is 0.131 e. The van der Waals surface area contributed by atoms with Crippen LogP contribution < -0.4 is 5.32 Å². The molecule has 1 aromatic carbocycles. The van der Waals surface area contributed by atoms with E-state index in [4.69, 9.17) is 0 Å². The molecule has 0 amide bonds. The second kappa shape index (κ2) is 5.50. The van der Waals surface area contributed by atoms with Crippen molar-refractivity contribution in [3.63, 3.8) is 0 Å². The molecule has 0 bridgehead atoms. The lowest BCUT2D eigenvalue weighted by Crippen LogP contribution is -2.11. The summed E-state index contributed by atoms with van der Waals surface area (Å²) in [5.74, 6) is -0.250. The fourth-order valence-electron chi connectivity index (χ4n) is 1.61. The molecule has 0 aliphatic rings. The number of nitrogens with zero attached hydrogens (tertiary/aromatic N) is 2. The van der Waals surface area contributed by atoms with Gasteiger partial charge in [0.05, 0.1) is 0 Å². The Labute approximate surface area is 99.7 Å². The number of benzene rings is 1. The van der Waals surface area contributed by atoms with Gasteiger partial charge in [0.1, 0.15) is 12.1 Å². The van der Waals surface area contributed by atoms with E-state index in [0.717, 1.165) is 18.7 Å². The molecule has 0 atom stereocenters. The predicted molar refractivity (Wildman–Crippen MR) is 64.8 cm³/mol. The molecule has 0 radical (unpaired) electrons. The summed E-state index contributed by atoms with van der Waals surface area (Å²) in [6.45, 7) is 3.66. The van der Waals surface area contributed by atoms with Crippen LogP contribution in [0.15, 0.2) is 36.9 Å². The second-order valence-corrected chi connectivity index (χ2v) is 3.72. The lowest BCUT2D eigenvalue weighted by atomic mass is 10.1. The first-order valence-electron chi connectivity index (χ1n) is 5.55. The third-order valence-corrected chi connectivity index (χ3v) is 2.48. The molecule has 2 rings (SSSR count). The van der Waals surface area contributed by atoms with E-state index in [1.807, 2.05) is 13.0 Å². The zero-order chi connectivity index (χ0) is 12.1. The Morgan fingerprint density at radius 2 is 2.00 bits per heavy atom. The van der Waals surface area contributed by atoms with Gasteiger partial charge in [-0.05, 0) is 24.2 Å². The van der Waals surface area contributed by atoms with Gasteiger partial charge in [-0.15, -0.1) is 0 Å². The third-order valence-electron chi connectivity index (χ3n) is 2.48. The van der Waals surface area contributed by atoms with Crippen molar-refractivity contribution < 1.29 is 4.39 Å². The Morgan fingerprint density at radius 1 is 1.24 bits per heavy atom. The Hall–Kier alpha value is -1.81. The lowest BCUT2D eigenvalue weighted by molar-refractivity contribution is 0.629. The fourth-order valence-corrected chi connectivity index (χ4v) is 1.61. The van der Waals surface area contributed by atoms with Crippen LogP contribution >= 0.6 is 0 Å². The van der Waals surface area contributed by atoms with E-state index < -0.39 is 0 Å². The van der Waals surface area contributed by atoms with E-state index in [-0.39, 0.29) is 5.82 Å². The molecule has 1 heterocycles. The molecule has 0 aliphatic carbocycles. The smallest absolute Gasteiger partial charge is 0.131 e. The predicted octanol–water partition coefficient (Wildman–Crippen LogP) is 2.39. The highest BCUT2D eigenvalue weighted by molar-refractivity contribution is 5.63. The van der Waals surface area contributed by atoms with Gasteiger partial charge in [0.2, 0.25) is 0 Å². The van der Waals surface area contributed by atoms with Crippen LogP contribution in [-0.4, -0.2) is 16.5 Å². The summed E-state index contributed by atoms with van der Waals surface area (Å²) in [5.41, 5.74) is 2.29.